The second-order valence-corrected chi connectivity index (χ2v) is 5.39. The number of nitrogens with one attached hydrogen (secondary N) is 2. The molecule has 2 heterocycles. The first kappa shape index (κ1) is 15.8. The standard InChI is InChI=1S/C14H26N6O/c1-4-9-21-14-18-12(15-5-2)17-13(19-14)16-11-7-6-8-20(3)10-11/h11H,4-10H2,1-3H3,(H2,15,16,17,18,19). The highest BCUT2D eigenvalue weighted by molar-refractivity contribution is 5.36. The van der Waals surface area contributed by atoms with Crippen LogP contribution in [-0.2, 0) is 0 Å². The Kier molecular flexibility index (Phi) is 5.98. The molecule has 7 nitrogen and oxygen atoms in total. The van der Waals surface area contributed by atoms with Crippen molar-refractivity contribution in [2.75, 3.05) is 43.9 Å². The lowest BCUT2D eigenvalue weighted by Crippen LogP contribution is -2.40. The van der Waals surface area contributed by atoms with Gasteiger partial charge in [0.25, 0.3) is 0 Å². The molecule has 1 fully saturated rings. The van der Waals surface area contributed by atoms with Gasteiger partial charge in [0.1, 0.15) is 0 Å². The van der Waals surface area contributed by atoms with Crippen molar-refractivity contribution in [2.24, 2.45) is 0 Å². The maximum atomic E-state index is 5.54. The summed E-state index contributed by atoms with van der Waals surface area (Å²) in [6.45, 7) is 7.61. The van der Waals surface area contributed by atoms with Crippen LogP contribution in [0.5, 0.6) is 6.01 Å². The fourth-order valence-electron chi connectivity index (χ4n) is 2.38. The predicted octanol–water partition coefficient (Wildman–Crippen LogP) is 1.60. The quantitative estimate of drug-likeness (QED) is 0.791. The molecule has 1 saturated heterocycles. The van der Waals surface area contributed by atoms with Crippen molar-refractivity contribution in [1.29, 1.82) is 0 Å². The first-order chi connectivity index (χ1) is 10.2. The van der Waals surface area contributed by atoms with Crippen LogP contribution in [0.3, 0.4) is 0 Å². The number of piperidine rings is 1. The van der Waals surface area contributed by atoms with Gasteiger partial charge in [-0.1, -0.05) is 6.92 Å². The third-order valence-electron chi connectivity index (χ3n) is 3.34. The minimum Gasteiger partial charge on any atom is -0.463 e. The zero-order chi connectivity index (χ0) is 15.1. The molecule has 1 aromatic rings. The van der Waals surface area contributed by atoms with Crippen LogP contribution < -0.4 is 15.4 Å². The van der Waals surface area contributed by atoms with Gasteiger partial charge in [0.2, 0.25) is 11.9 Å². The van der Waals surface area contributed by atoms with Gasteiger partial charge in [-0.2, -0.15) is 15.0 Å². The second-order valence-electron chi connectivity index (χ2n) is 5.39. The van der Waals surface area contributed by atoms with Crippen molar-refractivity contribution in [3.63, 3.8) is 0 Å². The molecule has 1 unspecified atom stereocenters. The van der Waals surface area contributed by atoms with Crippen molar-refractivity contribution in [2.45, 2.75) is 39.2 Å². The van der Waals surface area contributed by atoms with E-state index in [1.54, 1.807) is 0 Å². The number of ether oxygens (including phenoxy) is 1. The number of aromatic nitrogens is 3. The Morgan fingerprint density at radius 3 is 2.76 bits per heavy atom. The molecule has 0 radical (unpaired) electrons. The van der Waals surface area contributed by atoms with E-state index in [0.29, 0.717) is 30.6 Å². The molecule has 2 rings (SSSR count). The summed E-state index contributed by atoms with van der Waals surface area (Å²) in [5, 5.41) is 6.52. The van der Waals surface area contributed by atoms with Gasteiger partial charge < -0.3 is 20.3 Å². The largest absolute Gasteiger partial charge is 0.463 e. The van der Waals surface area contributed by atoms with Crippen molar-refractivity contribution in [3.05, 3.63) is 0 Å². The zero-order valence-electron chi connectivity index (χ0n) is 13.2. The normalized spacial score (nSPS) is 19.3. The molecule has 0 saturated carbocycles. The highest BCUT2D eigenvalue weighted by Gasteiger charge is 2.18. The van der Waals surface area contributed by atoms with Gasteiger partial charge in [0.05, 0.1) is 6.61 Å². The molecule has 7 heteroatoms. The van der Waals surface area contributed by atoms with Crippen molar-refractivity contribution < 1.29 is 4.74 Å². The Bertz CT molecular complexity index is 441. The molecular formula is C14H26N6O. The lowest BCUT2D eigenvalue weighted by molar-refractivity contribution is 0.260. The van der Waals surface area contributed by atoms with E-state index >= 15 is 0 Å². The van der Waals surface area contributed by atoms with Crippen LogP contribution >= 0.6 is 0 Å². The summed E-state index contributed by atoms with van der Waals surface area (Å²) in [4.78, 5) is 15.3. The zero-order valence-corrected chi connectivity index (χ0v) is 13.2. The van der Waals surface area contributed by atoms with E-state index < -0.39 is 0 Å². The summed E-state index contributed by atoms with van der Waals surface area (Å²) in [7, 11) is 2.14. The van der Waals surface area contributed by atoms with Crippen LogP contribution in [0.25, 0.3) is 0 Å². The van der Waals surface area contributed by atoms with Gasteiger partial charge in [-0.05, 0) is 39.8 Å². The van der Waals surface area contributed by atoms with Crippen LogP contribution in [0.1, 0.15) is 33.1 Å². The summed E-state index contributed by atoms with van der Waals surface area (Å²) < 4.78 is 5.54. The molecule has 0 spiro atoms. The Labute approximate surface area is 126 Å². The minimum absolute atomic E-state index is 0.375. The van der Waals surface area contributed by atoms with Gasteiger partial charge >= 0.3 is 6.01 Å². The number of hydrogen-bond acceptors (Lipinski definition) is 7. The predicted molar refractivity (Wildman–Crippen MR) is 83.9 cm³/mol. The van der Waals surface area contributed by atoms with Crippen molar-refractivity contribution in [1.82, 2.24) is 19.9 Å². The highest BCUT2D eigenvalue weighted by Crippen LogP contribution is 2.16. The second kappa shape index (κ2) is 7.97. The Morgan fingerprint density at radius 2 is 2.05 bits per heavy atom. The molecule has 0 aromatic carbocycles. The monoisotopic (exact) mass is 294 g/mol. The Balaban J connectivity index is 2.06. The van der Waals surface area contributed by atoms with E-state index in [4.69, 9.17) is 4.74 Å². The molecule has 0 amide bonds. The van der Waals surface area contributed by atoms with Gasteiger partial charge in [-0.15, -0.1) is 0 Å². The van der Waals surface area contributed by atoms with E-state index in [9.17, 15) is 0 Å². The van der Waals surface area contributed by atoms with Crippen LogP contribution in [0.15, 0.2) is 0 Å². The SMILES string of the molecule is CCCOc1nc(NCC)nc(NC2CCCN(C)C2)n1. The van der Waals surface area contributed by atoms with Crippen LogP contribution in [-0.4, -0.2) is 59.2 Å². The third-order valence-corrected chi connectivity index (χ3v) is 3.34. The number of hydrogen-bond donors (Lipinski definition) is 2. The molecule has 1 atom stereocenters. The fourth-order valence-corrected chi connectivity index (χ4v) is 2.38. The number of likely N-dealkylation sites (N-methyl/N-ethyl adjacent to an activating group) is 1. The average Bonchev–Trinajstić information content (AvgIpc) is 2.45. The highest BCUT2D eigenvalue weighted by atomic mass is 16.5. The maximum absolute atomic E-state index is 5.54. The first-order valence-electron chi connectivity index (χ1n) is 7.79. The fraction of sp³-hybridized carbons (Fsp3) is 0.786. The molecular weight excluding hydrogens is 268 g/mol. The van der Waals surface area contributed by atoms with E-state index in [0.717, 1.165) is 32.5 Å². The Hall–Kier alpha value is -1.63. The number of anilines is 2. The summed E-state index contributed by atoms with van der Waals surface area (Å²) in [5.41, 5.74) is 0. The molecule has 1 aliphatic heterocycles. The minimum atomic E-state index is 0.375. The number of nitrogens with zero attached hydrogens (tertiary/aromatic N) is 4. The van der Waals surface area contributed by atoms with Gasteiger partial charge in [0.15, 0.2) is 0 Å². The molecule has 2 N–H and O–H groups in total. The molecule has 21 heavy (non-hydrogen) atoms. The van der Waals surface area contributed by atoms with Gasteiger partial charge in [-0.25, -0.2) is 0 Å². The number of likely N-dealkylation sites (tertiary alicyclic amines) is 1. The number of rotatable bonds is 7. The lowest BCUT2D eigenvalue weighted by Gasteiger charge is -2.30. The van der Waals surface area contributed by atoms with Crippen LogP contribution in [0.4, 0.5) is 11.9 Å². The molecule has 0 aliphatic carbocycles. The molecule has 1 aromatic heterocycles. The van der Waals surface area contributed by atoms with Crippen molar-refractivity contribution in [3.8, 4) is 6.01 Å². The van der Waals surface area contributed by atoms with E-state index in [1.807, 2.05) is 6.92 Å². The van der Waals surface area contributed by atoms with Gasteiger partial charge in [-0.3, -0.25) is 0 Å². The summed E-state index contributed by atoms with van der Waals surface area (Å²) in [6.07, 6.45) is 3.26. The van der Waals surface area contributed by atoms with Crippen LogP contribution in [0.2, 0.25) is 0 Å². The van der Waals surface area contributed by atoms with E-state index in [2.05, 4.69) is 44.5 Å². The lowest BCUT2D eigenvalue weighted by atomic mass is 10.1. The molecule has 118 valence electrons. The van der Waals surface area contributed by atoms with Crippen molar-refractivity contribution >= 4 is 11.9 Å². The summed E-state index contributed by atoms with van der Waals surface area (Å²) in [5.74, 6) is 1.15. The average molecular weight is 294 g/mol. The maximum Gasteiger partial charge on any atom is 0.323 e. The third kappa shape index (κ3) is 5.00. The van der Waals surface area contributed by atoms with Crippen LogP contribution in [0, 0.1) is 0 Å². The summed E-state index contributed by atoms with van der Waals surface area (Å²) in [6, 6.07) is 0.758. The smallest absolute Gasteiger partial charge is 0.323 e. The Morgan fingerprint density at radius 1 is 1.24 bits per heavy atom. The molecule has 1 aliphatic rings. The molecule has 0 bridgehead atoms. The first-order valence-corrected chi connectivity index (χ1v) is 7.79. The van der Waals surface area contributed by atoms with E-state index in [-0.39, 0.29) is 0 Å². The topological polar surface area (TPSA) is 75.2 Å². The summed E-state index contributed by atoms with van der Waals surface area (Å²) >= 11 is 0. The van der Waals surface area contributed by atoms with E-state index in [1.165, 1.54) is 6.42 Å². The van der Waals surface area contributed by atoms with Gasteiger partial charge in [0, 0.05) is 19.1 Å².